The second-order valence-corrected chi connectivity index (χ2v) is 6.87. The number of hydrogen-bond acceptors (Lipinski definition) is 2. The van der Waals surface area contributed by atoms with Crippen molar-refractivity contribution in [3.05, 3.63) is 35.9 Å². The zero-order chi connectivity index (χ0) is 18.1. The number of nitrogens with one attached hydrogen (secondary N) is 2. The first-order valence-electron chi connectivity index (χ1n) is 9.47. The molecule has 1 saturated heterocycles. The Labute approximate surface area is 151 Å². The van der Waals surface area contributed by atoms with Gasteiger partial charge in [-0.15, -0.1) is 0 Å². The molecule has 1 aliphatic rings. The van der Waals surface area contributed by atoms with Gasteiger partial charge in [-0.05, 0) is 38.2 Å². The van der Waals surface area contributed by atoms with Crippen molar-refractivity contribution in [3.63, 3.8) is 0 Å². The van der Waals surface area contributed by atoms with Gasteiger partial charge in [0.2, 0.25) is 5.91 Å². The lowest BCUT2D eigenvalue weighted by molar-refractivity contribution is -0.132. The van der Waals surface area contributed by atoms with E-state index in [1.165, 1.54) is 12.0 Å². The molecule has 2 unspecified atom stereocenters. The molecule has 1 aromatic rings. The molecule has 0 bridgehead atoms. The van der Waals surface area contributed by atoms with Crippen molar-refractivity contribution in [1.82, 2.24) is 15.5 Å². The van der Waals surface area contributed by atoms with E-state index < -0.39 is 0 Å². The maximum atomic E-state index is 12.3. The van der Waals surface area contributed by atoms with Crippen molar-refractivity contribution < 1.29 is 4.79 Å². The first-order chi connectivity index (χ1) is 12.1. The molecular weight excluding hydrogens is 312 g/mol. The number of hydrogen-bond donors (Lipinski definition) is 2. The molecule has 5 heteroatoms. The fraction of sp³-hybridized carbons (Fsp3) is 0.600. The number of carbonyl (C=O) groups excluding carboxylic acids is 1. The first-order valence-corrected chi connectivity index (χ1v) is 9.47. The minimum atomic E-state index is 0.164. The van der Waals surface area contributed by atoms with Crippen LogP contribution in [0.5, 0.6) is 0 Å². The van der Waals surface area contributed by atoms with Crippen molar-refractivity contribution >= 4 is 11.9 Å². The number of aliphatic imine (C=N–C) groups is 1. The van der Waals surface area contributed by atoms with Gasteiger partial charge in [0.05, 0.1) is 12.6 Å². The molecule has 2 atom stereocenters. The van der Waals surface area contributed by atoms with Crippen LogP contribution in [0.15, 0.2) is 35.3 Å². The number of guanidine groups is 1. The Balaban J connectivity index is 1.85. The van der Waals surface area contributed by atoms with Gasteiger partial charge in [0.25, 0.3) is 0 Å². The van der Waals surface area contributed by atoms with Crippen molar-refractivity contribution in [2.75, 3.05) is 26.2 Å². The van der Waals surface area contributed by atoms with E-state index in [0.717, 1.165) is 32.0 Å². The zero-order valence-electron chi connectivity index (χ0n) is 15.8. The fourth-order valence-electron chi connectivity index (χ4n) is 3.19. The minimum absolute atomic E-state index is 0.164. The molecule has 1 aliphatic heterocycles. The molecule has 1 amide bonds. The molecule has 2 N–H and O–H groups in total. The van der Waals surface area contributed by atoms with Crippen LogP contribution in [0.4, 0.5) is 0 Å². The third-order valence-electron chi connectivity index (χ3n) is 4.60. The zero-order valence-corrected chi connectivity index (χ0v) is 15.8. The van der Waals surface area contributed by atoms with Crippen LogP contribution >= 0.6 is 0 Å². The number of nitrogens with zero attached hydrogens (tertiary/aromatic N) is 2. The minimum Gasteiger partial charge on any atom is -0.357 e. The van der Waals surface area contributed by atoms with Crippen molar-refractivity contribution in [2.45, 2.75) is 46.1 Å². The summed E-state index contributed by atoms with van der Waals surface area (Å²) >= 11 is 0. The summed E-state index contributed by atoms with van der Waals surface area (Å²) in [5.41, 5.74) is 1.21. The maximum absolute atomic E-state index is 12.3. The predicted molar refractivity (Wildman–Crippen MR) is 104 cm³/mol. The van der Waals surface area contributed by atoms with Crippen LogP contribution in [0.3, 0.4) is 0 Å². The van der Waals surface area contributed by atoms with E-state index in [9.17, 15) is 4.79 Å². The highest BCUT2D eigenvalue weighted by molar-refractivity contribution is 5.81. The third-order valence-corrected chi connectivity index (χ3v) is 4.60. The summed E-state index contributed by atoms with van der Waals surface area (Å²) in [5.74, 6) is 1.60. The van der Waals surface area contributed by atoms with Crippen LogP contribution in [0.1, 0.15) is 51.6 Å². The Morgan fingerprint density at radius 2 is 2.12 bits per heavy atom. The monoisotopic (exact) mass is 344 g/mol. The molecule has 138 valence electrons. The van der Waals surface area contributed by atoms with E-state index in [0.29, 0.717) is 18.9 Å². The molecular formula is C20H32N4O. The van der Waals surface area contributed by atoms with E-state index in [2.05, 4.69) is 41.6 Å². The molecule has 25 heavy (non-hydrogen) atoms. The molecule has 2 rings (SSSR count). The third kappa shape index (κ3) is 6.40. The van der Waals surface area contributed by atoms with Crippen LogP contribution < -0.4 is 10.6 Å². The number of rotatable bonds is 6. The summed E-state index contributed by atoms with van der Waals surface area (Å²) in [6.07, 6.45) is 2.83. The number of carbonyl (C=O) groups is 1. The van der Waals surface area contributed by atoms with Crippen LogP contribution in [0.25, 0.3) is 0 Å². The molecule has 0 saturated carbocycles. The quantitative estimate of drug-likeness (QED) is 0.616. The molecule has 0 radical (unpaired) electrons. The maximum Gasteiger partial charge on any atom is 0.224 e. The van der Waals surface area contributed by atoms with Gasteiger partial charge in [-0.3, -0.25) is 9.79 Å². The average molecular weight is 345 g/mol. The number of likely N-dealkylation sites (tertiary alicyclic amines) is 1. The summed E-state index contributed by atoms with van der Waals surface area (Å²) in [6.45, 7) is 9.48. The highest BCUT2D eigenvalue weighted by Gasteiger charge is 2.20. The average Bonchev–Trinajstić information content (AvgIpc) is 2.62. The van der Waals surface area contributed by atoms with Crippen LogP contribution in [0.2, 0.25) is 0 Å². The molecule has 1 aromatic carbocycles. The Bertz CT molecular complexity index is 558. The number of piperidine rings is 1. The summed E-state index contributed by atoms with van der Waals surface area (Å²) in [4.78, 5) is 18.9. The Hall–Kier alpha value is -2.04. The summed E-state index contributed by atoms with van der Waals surface area (Å²) in [7, 11) is 0. The number of amides is 1. The van der Waals surface area contributed by atoms with Gasteiger partial charge >= 0.3 is 0 Å². The Kier molecular flexibility index (Phi) is 7.76. The van der Waals surface area contributed by atoms with Gasteiger partial charge in [-0.25, -0.2) is 0 Å². The highest BCUT2D eigenvalue weighted by atomic mass is 16.2. The fourth-order valence-corrected chi connectivity index (χ4v) is 3.19. The second-order valence-electron chi connectivity index (χ2n) is 6.87. The lowest BCUT2D eigenvalue weighted by Crippen LogP contribution is -2.40. The molecule has 0 aromatic heterocycles. The largest absolute Gasteiger partial charge is 0.357 e. The van der Waals surface area contributed by atoms with E-state index in [1.807, 2.05) is 30.0 Å². The van der Waals surface area contributed by atoms with Crippen LogP contribution in [-0.2, 0) is 4.79 Å². The highest BCUT2D eigenvalue weighted by Crippen LogP contribution is 2.16. The van der Waals surface area contributed by atoms with Gasteiger partial charge in [-0.1, -0.05) is 37.3 Å². The lowest BCUT2D eigenvalue weighted by Gasteiger charge is -2.30. The first kappa shape index (κ1) is 19.3. The second kappa shape index (κ2) is 10.1. The molecule has 0 spiro atoms. The molecule has 5 nitrogen and oxygen atoms in total. The SMILES string of the molecule is CCNC(=NCCC(=O)N1CCCC(C)C1)NC(C)c1ccccc1. The summed E-state index contributed by atoms with van der Waals surface area (Å²) in [5, 5.41) is 6.67. The molecule has 1 heterocycles. The normalized spacial score (nSPS) is 19.4. The van der Waals surface area contributed by atoms with E-state index in [1.54, 1.807) is 0 Å². The molecule has 1 fully saturated rings. The topological polar surface area (TPSA) is 56.7 Å². The molecule has 0 aliphatic carbocycles. The van der Waals surface area contributed by atoms with Gasteiger partial charge < -0.3 is 15.5 Å². The van der Waals surface area contributed by atoms with E-state index in [4.69, 9.17) is 0 Å². The van der Waals surface area contributed by atoms with Crippen LogP contribution in [-0.4, -0.2) is 42.9 Å². The van der Waals surface area contributed by atoms with Crippen LogP contribution in [0, 0.1) is 5.92 Å². The van der Waals surface area contributed by atoms with Gasteiger partial charge in [-0.2, -0.15) is 0 Å². The predicted octanol–water partition coefficient (Wildman–Crippen LogP) is 2.95. The lowest BCUT2D eigenvalue weighted by atomic mass is 10.00. The summed E-state index contributed by atoms with van der Waals surface area (Å²) < 4.78 is 0. The Morgan fingerprint density at radius 1 is 1.36 bits per heavy atom. The van der Waals surface area contributed by atoms with Gasteiger partial charge in [0.15, 0.2) is 5.96 Å². The van der Waals surface area contributed by atoms with Gasteiger partial charge in [0.1, 0.15) is 0 Å². The van der Waals surface area contributed by atoms with E-state index in [-0.39, 0.29) is 11.9 Å². The summed E-state index contributed by atoms with van der Waals surface area (Å²) in [6, 6.07) is 10.5. The van der Waals surface area contributed by atoms with Crippen molar-refractivity contribution in [2.24, 2.45) is 10.9 Å². The van der Waals surface area contributed by atoms with E-state index >= 15 is 0 Å². The number of benzene rings is 1. The standard InChI is InChI=1S/C20H32N4O/c1-4-21-20(23-17(3)18-10-6-5-7-11-18)22-13-12-19(25)24-14-8-9-16(2)15-24/h5-7,10-11,16-17H,4,8-9,12-15H2,1-3H3,(H2,21,22,23). The van der Waals surface area contributed by atoms with Crippen molar-refractivity contribution in [3.8, 4) is 0 Å². The van der Waals surface area contributed by atoms with Crippen molar-refractivity contribution in [1.29, 1.82) is 0 Å². The smallest absolute Gasteiger partial charge is 0.224 e. The van der Waals surface area contributed by atoms with Gasteiger partial charge in [0, 0.05) is 26.1 Å². The Morgan fingerprint density at radius 3 is 2.80 bits per heavy atom.